The molecule has 2 N–H and O–H groups in total. The fourth-order valence-corrected chi connectivity index (χ4v) is 5.45. The molecule has 1 atom stereocenters. The van der Waals surface area contributed by atoms with E-state index in [1.807, 2.05) is 29.5 Å². The normalized spacial score (nSPS) is 15.8. The first kappa shape index (κ1) is 27.2. The molecule has 1 aliphatic carbocycles. The maximum Gasteiger partial charge on any atom is 0.276 e. The van der Waals surface area contributed by atoms with Crippen LogP contribution in [0, 0.1) is 16.3 Å². The third kappa shape index (κ3) is 6.61. The van der Waals surface area contributed by atoms with Crippen molar-refractivity contribution < 1.29 is 22.5 Å². The standard InChI is InChI=1S/C23H29F3IN3O3S/c1-4-5-10-33-14-23(25,26)13-22(8-9-22)34(32)29-19-11-15(2)21(31)30(3)20(19)28-18-7-6-16(27)12-17(18)24/h6-7,11-12,28-29H,4-5,8-10,13-14H2,1-3H3. The SMILES string of the molecule is CCCCOCC(F)(F)CC1([S+]([O-])Nc2cc(C)c(=O)n(C)c2Nc2ccc(I)cc2F)CC1. The van der Waals surface area contributed by atoms with Crippen LogP contribution < -0.4 is 15.6 Å². The Hall–Kier alpha value is -1.44. The zero-order valence-electron chi connectivity index (χ0n) is 19.4. The first-order valence-electron chi connectivity index (χ1n) is 11.0. The van der Waals surface area contributed by atoms with Gasteiger partial charge in [-0.1, -0.05) is 13.3 Å². The van der Waals surface area contributed by atoms with Crippen molar-refractivity contribution in [2.75, 3.05) is 23.3 Å². The van der Waals surface area contributed by atoms with Crippen molar-refractivity contribution >= 4 is 51.1 Å². The van der Waals surface area contributed by atoms with E-state index in [0.29, 0.717) is 28.4 Å². The summed E-state index contributed by atoms with van der Waals surface area (Å²) in [7, 11) is 1.51. The second kappa shape index (κ2) is 11.1. The molecular formula is C23H29F3IN3O3S. The number of aryl methyl sites for hydroxylation is 1. The number of hydrogen-bond acceptors (Lipinski definition) is 5. The molecule has 3 rings (SSSR count). The number of alkyl halides is 2. The summed E-state index contributed by atoms with van der Waals surface area (Å²) in [6, 6.07) is 6.07. The maximum atomic E-state index is 14.5. The van der Waals surface area contributed by atoms with Crippen LogP contribution in [0.3, 0.4) is 0 Å². The van der Waals surface area contributed by atoms with E-state index in [4.69, 9.17) is 4.74 Å². The zero-order chi connectivity index (χ0) is 25.1. The Balaban J connectivity index is 1.81. The van der Waals surface area contributed by atoms with Crippen molar-refractivity contribution in [1.29, 1.82) is 0 Å². The lowest BCUT2D eigenvalue weighted by Gasteiger charge is -2.27. The first-order valence-corrected chi connectivity index (χ1v) is 13.3. The predicted molar refractivity (Wildman–Crippen MR) is 138 cm³/mol. The first-order chi connectivity index (χ1) is 16.0. The minimum atomic E-state index is -3.10. The fourth-order valence-electron chi connectivity index (χ4n) is 3.61. The van der Waals surface area contributed by atoms with Crippen molar-refractivity contribution in [3.05, 3.63) is 49.6 Å². The molecule has 0 amide bonds. The van der Waals surface area contributed by atoms with Crippen LogP contribution in [-0.4, -0.2) is 33.0 Å². The Morgan fingerprint density at radius 3 is 2.62 bits per heavy atom. The van der Waals surface area contributed by atoms with Crippen LogP contribution in [0.1, 0.15) is 44.6 Å². The quantitative estimate of drug-likeness (QED) is 0.185. The molecule has 1 aromatic heterocycles. The third-order valence-electron chi connectivity index (χ3n) is 5.72. The van der Waals surface area contributed by atoms with Crippen molar-refractivity contribution in [2.45, 2.75) is 56.6 Å². The van der Waals surface area contributed by atoms with Gasteiger partial charge in [-0.3, -0.25) is 9.36 Å². The highest BCUT2D eigenvalue weighted by Crippen LogP contribution is 2.51. The van der Waals surface area contributed by atoms with E-state index in [-0.39, 0.29) is 29.4 Å². The molecule has 0 aliphatic heterocycles. The fraction of sp³-hybridized carbons (Fsp3) is 0.522. The van der Waals surface area contributed by atoms with Crippen LogP contribution in [0.2, 0.25) is 0 Å². The van der Waals surface area contributed by atoms with Gasteiger partial charge in [-0.25, -0.2) is 17.9 Å². The van der Waals surface area contributed by atoms with Gasteiger partial charge >= 0.3 is 0 Å². The molecule has 0 bridgehead atoms. The van der Waals surface area contributed by atoms with E-state index in [1.54, 1.807) is 13.0 Å². The lowest BCUT2D eigenvalue weighted by Crippen LogP contribution is -2.38. The van der Waals surface area contributed by atoms with Crippen LogP contribution >= 0.6 is 22.6 Å². The largest absolute Gasteiger partial charge is 0.593 e. The van der Waals surface area contributed by atoms with Gasteiger partial charge in [0.2, 0.25) is 0 Å². The highest BCUT2D eigenvalue weighted by Gasteiger charge is 2.60. The minimum Gasteiger partial charge on any atom is -0.593 e. The van der Waals surface area contributed by atoms with E-state index in [2.05, 4.69) is 10.0 Å². The number of pyridine rings is 1. The molecule has 11 heteroatoms. The summed E-state index contributed by atoms with van der Waals surface area (Å²) in [5, 5.41) is 2.89. The number of anilines is 3. The summed E-state index contributed by atoms with van der Waals surface area (Å²) in [6.07, 6.45) is 1.76. The molecule has 1 aromatic carbocycles. The molecule has 1 saturated carbocycles. The number of nitrogens with one attached hydrogen (secondary N) is 2. The molecule has 188 valence electrons. The van der Waals surface area contributed by atoms with Crippen LogP contribution in [-0.2, 0) is 23.1 Å². The third-order valence-corrected chi connectivity index (χ3v) is 8.13. The van der Waals surface area contributed by atoms with Gasteiger partial charge in [0.05, 0.1) is 23.5 Å². The molecule has 1 heterocycles. The van der Waals surface area contributed by atoms with Gasteiger partial charge in [0, 0.05) is 35.6 Å². The number of unbranched alkanes of at least 4 members (excludes halogenated alkanes) is 1. The van der Waals surface area contributed by atoms with Gasteiger partial charge in [-0.05, 0) is 60.2 Å². The van der Waals surface area contributed by atoms with Crippen molar-refractivity contribution in [3.63, 3.8) is 0 Å². The average molecular weight is 611 g/mol. The van der Waals surface area contributed by atoms with E-state index in [1.165, 1.54) is 29.8 Å². The summed E-state index contributed by atoms with van der Waals surface area (Å²) < 4.78 is 65.5. The van der Waals surface area contributed by atoms with Gasteiger partial charge in [0.25, 0.3) is 11.5 Å². The molecule has 1 aliphatic rings. The molecule has 1 fully saturated rings. The lowest BCUT2D eigenvalue weighted by atomic mass is 10.1. The monoisotopic (exact) mass is 611 g/mol. The van der Waals surface area contributed by atoms with Gasteiger partial charge in [-0.15, -0.1) is 0 Å². The molecular weight excluding hydrogens is 582 g/mol. The van der Waals surface area contributed by atoms with Gasteiger partial charge in [-0.2, -0.15) is 0 Å². The topological polar surface area (TPSA) is 78.3 Å². The number of hydrogen-bond donors (Lipinski definition) is 2. The van der Waals surface area contributed by atoms with E-state index in [9.17, 15) is 22.5 Å². The molecule has 0 radical (unpaired) electrons. The van der Waals surface area contributed by atoms with Gasteiger partial charge < -0.3 is 14.6 Å². The van der Waals surface area contributed by atoms with E-state index < -0.39 is 40.9 Å². The van der Waals surface area contributed by atoms with Crippen LogP contribution in [0.5, 0.6) is 0 Å². The second-order valence-electron chi connectivity index (χ2n) is 8.70. The van der Waals surface area contributed by atoms with Gasteiger partial charge in [0.1, 0.15) is 23.9 Å². The Morgan fingerprint density at radius 2 is 2.00 bits per heavy atom. The lowest BCUT2D eigenvalue weighted by molar-refractivity contribution is -0.0840. The number of ether oxygens (including phenoxy) is 1. The number of nitrogens with zero attached hydrogens (tertiary/aromatic N) is 1. The highest BCUT2D eigenvalue weighted by molar-refractivity contribution is 14.1. The summed E-state index contributed by atoms with van der Waals surface area (Å²) in [5.41, 5.74) is 0.450. The number of benzene rings is 1. The van der Waals surface area contributed by atoms with Crippen molar-refractivity contribution in [1.82, 2.24) is 4.57 Å². The van der Waals surface area contributed by atoms with E-state index >= 15 is 0 Å². The maximum absolute atomic E-state index is 14.5. The Labute approximate surface area is 214 Å². The van der Waals surface area contributed by atoms with Crippen LogP contribution in [0.15, 0.2) is 29.1 Å². The summed E-state index contributed by atoms with van der Waals surface area (Å²) in [4.78, 5) is 12.5. The summed E-state index contributed by atoms with van der Waals surface area (Å²) in [5.74, 6) is -3.44. The van der Waals surface area contributed by atoms with Crippen molar-refractivity contribution in [2.24, 2.45) is 7.05 Å². The van der Waals surface area contributed by atoms with Gasteiger partial charge in [0.15, 0.2) is 4.75 Å². The second-order valence-corrected chi connectivity index (χ2v) is 11.5. The zero-order valence-corrected chi connectivity index (χ0v) is 22.3. The summed E-state index contributed by atoms with van der Waals surface area (Å²) in [6.45, 7) is 3.11. The highest BCUT2D eigenvalue weighted by atomic mass is 127. The predicted octanol–water partition coefficient (Wildman–Crippen LogP) is 5.63. The van der Waals surface area contributed by atoms with Crippen molar-refractivity contribution in [3.8, 4) is 0 Å². The van der Waals surface area contributed by atoms with Crippen LogP contribution in [0.4, 0.5) is 30.4 Å². The summed E-state index contributed by atoms with van der Waals surface area (Å²) >= 11 is 0.123. The molecule has 0 spiro atoms. The Kier molecular flexibility index (Phi) is 8.85. The average Bonchev–Trinajstić information content (AvgIpc) is 3.54. The smallest absolute Gasteiger partial charge is 0.276 e. The molecule has 0 saturated heterocycles. The molecule has 6 nitrogen and oxygen atoms in total. The molecule has 1 unspecified atom stereocenters. The Morgan fingerprint density at radius 1 is 1.29 bits per heavy atom. The number of halogens is 4. The number of rotatable bonds is 12. The number of aromatic nitrogens is 1. The minimum absolute atomic E-state index is 0.130. The van der Waals surface area contributed by atoms with E-state index in [0.717, 1.165) is 6.42 Å². The molecule has 34 heavy (non-hydrogen) atoms. The molecule has 2 aromatic rings. The van der Waals surface area contributed by atoms with Crippen LogP contribution in [0.25, 0.3) is 0 Å². The Bertz CT molecular complexity index is 1080.